The maximum absolute atomic E-state index is 7.18. The van der Waals surface area contributed by atoms with Gasteiger partial charge in [0, 0.05) is 12.7 Å². The molecule has 0 saturated heterocycles. The monoisotopic (exact) mass is 666 g/mol. The van der Waals surface area contributed by atoms with E-state index in [0.717, 1.165) is 33.4 Å². The summed E-state index contributed by atoms with van der Waals surface area (Å²) < 4.78 is 24.7. The Morgan fingerprint density at radius 1 is 0.360 bits per heavy atom. The Kier molecular flexibility index (Phi) is 10.3. The van der Waals surface area contributed by atoms with E-state index in [-0.39, 0.29) is 0 Å². The standard InChI is InChI=1S/C44H42O6/c1-45-38-29-25-36(26-30-38)42(33-17-9-6-10-18-33,37-27-31-39(46-2)32-28-37)44(48-4,50-49-5)43(34-19-11-7-12-20-34,35-21-13-8-14-22-35)40-23-15-16-24-41(40)47-3/h6-32H,1-5H3. The zero-order valence-corrected chi connectivity index (χ0v) is 29.0. The maximum atomic E-state index is 7.18. The second-order valence-corrected chi connectivity index (χ2v) is 11.8. The normalized spacial score (nSPS) is 12.9. The lowest BCUT2D eigenvalue weighted by Gasteiger charge is -2.58. The Bertz CT molecular complexity index is 1860. The van der Waals surface area contributed by atoms with Gasteiger partial charge in [-0.3, -0.25) is 0 Å². The van der Waals surface area contributed by atoms with Gasteiger partial charge >= 0.3 is 0 Å². The molecule has 1 atom stereocenters. The molecule has 0 aliphatic carbocycles. The SMILES string of the molecule is COOC(OC)(C(c1ccccc1)(c1ccc(OC)cc1)c1ccc(OC)cc1)C(c1ccccc1)(c1ccccc1)c1ccccc1OC. The van der Waals surface area contributed by atoms with E-state index in [1.54, 1.807) is 28.4 Å². The van der Waals surface area contributed by atoms with E-state index in [9.17, 15) is 0 Å². The number of methoxy groups -OCH3 is 4. The molecule has 0 aliphatic rings. The van der Waals surface area contributed by atoms with Crippen molar-refractivity contribution in [3.05, 3.63) is 197 Å². The summed E-state index contributed by atoms with van der Waals surface area (Å²) in [6, 6.07) is 54.9. The summed E-state index contributed by atoms with van der Waals surface area (Å²) in [5.41, 5.74) is 2.63. The number of benzene rings is 6. The van der Waals surface area contributed by atoms with Gasteiger partial charge in [0.05, 0.1) is 28.4 Å². The van der Waals surface area contributed by atoms with E-state index in [4.69, 9.17) is 28.7 Å². The van der Waals surface area contributed by atoms with Crippen LogP contribution < -0.4 is 14.2 Å². The van der Waals surface area contributed by atoms with Crippen molar-refractivity contribution >= 4 is 0 Å². The third-order valence-electron chi connectivity index (χ3n) is 9.65. The molecule has 0 N–H and O–H groups in total. The molecule has 254 valence electrons. The van der Waals surface area contributed by atoms with Crippen LogP contribution in [0.3, 0.4) is 0 Å². The van der Waals surface area contributed by atoms with Gasteiger partial charge < -0.3 is 18.9 Å². The molecule has 0 amide bonds. The average Bonchev–Trinajstić information content (AvgIpc) is 3.20. The molecule has 0 fully saturated rings. The number of para-hydroxylation sites is 1. The third-order valence-corrected chi connectivity index (χ3v) is 9.65. The minimum atomic E-state index is -1.77. The van der Waals surface area contributed by atoms with E-state index in [2.05, 4.69) is 66.7 Å². The van der Waals surface area contributed by atoms with E-state index in [1.807, 2.05) is 97.1 Å². The van der Waals surface area contributed by atoms with Gasteiger partial charge in [-0.1, -0.05) is 133 Å². The quantitative estimate of drug-likeness (QED) is 0.0501. The van der Waals surface area contributed by atoms with Crippen LogP contribution in [-0.2, 0) is 25.3 Å². The summed E-state index contributed by atoms with van der Waals surface area (Å²) in [6.07, 6.45) is 0. The van der Waals surface area contributed by atoms with Crippen LogP contribution in [0.4, 0.5) is 0 Å². The molecular formula is C44H42O6. The van der Waals surface area contributed by atoms with Gasteiger partial charge in [0.15, 0.2) is 0 Å². The summed E-state index contributed by atoms with van der Waals surface area (Å²) in [5, 5.41) is 0. The summed E-state index contributed by atoms with van der Waals surface area (Å²) in [7, 11) is 8.21. The van der Waals surface area contributed by atoms with Crippen molar-refractivity contribution in [2.24, 2.45) is 0 Å². The molecule has 0 aliphatic heterocycles. The summed E-state index contributed by atoms with van der Waals surface area (Å²) >= 11 is 0. The van der Waals surface area contributed by atoms with E-state index in [0.29, 0.717) is 17.2 Å². The minimum absolute atomic E-state index is 0.646. The van der Waals surface area contributed by atoms with Crippen LogP contribution in [-0.4, -0.2) is 41.3 Å². The minimum Gasteiger partial charge on any atom is -0.497 e. The molecule has 0 saturated carbocycles. The highest BCUT2D eigenvalue weighted by atomic mass is 17.2. The highest BCUT2D eigenvalue weighted by Gasteiger charge is 2.71. The van der Waals surface area contributed by atoms with Crippen molar-refractivity contribution < 1.29 is 28.7 Å². The molecule has 1 unspecified atom stereocenters. The van der Waals surface area contributed by atoms with E-state index < -0.39 is 16.6 Å². The third kappa shape index (κ3) is 5.42. The first-order valence-corrected chi connectivity index (χ1v) is 16.4. The molecule has 6 aromatic carbocycles. The Hall–Kier alpha value is -5.40. The summed E-state index contributed by atoms with van der Waals surface area (Å²) in [6.45, 7) is 0. The van der Waals surface area contributed by atoms with Crippen molar-refractivity contribution in [2.45, 2.75) is 16.6 Å². The topological polar surface area (TPSA) is 55.4 Å². The summed E-state index contributed by atoms with van der Waals surface area (Å²) in [5.74, 6) is 0.301. The molecule has 6 rings (SSSR count). The molecule has 0 bridgehead atoms. The molecule has 0 spiro atoms. The lowest BCUT2D eigenvalue weighted by molar-refractivity contribution is -0.439. The maximum Gasteiger partial charge on any atom is 0.237 e. The average molecular weight is 667 g/mol. The number of hydrogen-bond acceptors (Lipinski definition) is 6. The molecule has 0 heterocycles. The first-order chi connectivity index (χ1) is 24.6. The number of ether oxygens (including phenoxy) is 4. The second kappa shape index (κ2) is 15.0. The molecule has 6 heteroatoms. The van der Waals surface area contributed by atoms with Crippen LogP contribution in [0.15, 0.2) is 164 Å². The lowest BCUT2D eigenvalue weighted by atomic mass is 9.51. The van der Waals surface area contributed by atoms with Gasteiger partial charge in [0.25, 0.3) is 0 Å². The molecule has 6 nitrogen and oxygen atoms in total. The van der Waals surface area contributed by atoms with E-state index >= 15 is 0 Å². The van der Waals surface area contributed by atoms with Crippen molar-refractivity contribution in [1.82, 2.24) is 0 Å². The predicted octanol–water partition coefficient (Wildman–Crippen LogP) is 9.00. The zero-order valence-electron chi connectivity index (χ0n) is 29.0. The van der Waals surface area contributed by atoms with Crippen LogP contribution in [0.25, 0.3) is 0 Å². The van der Waals surface area contributed by atoms with Gasteiger partial charge in [-0.15, -0.1) is 0 Å². The van der Waals surface area contributed by atoms with Gasteiger partial charge in [-0.2, -0.15) is 4.89 Å². The van der Waals surface area contributed by atoms with Crippen molar-refractivity contribution in [3.8, 4) is 17.2 Å². The van der Waals surface area contributed by atoms with Gasteiger partial charge in [-0.25, -0.2) is 4.89 Å². The van der Waals surface area contributed by atoms with Gasteiger partial charge in [0.1, 0.15) is 28.1 Å². The van der Waals surface area contributed by atoms with Gasteiger partial charge in [0.2, 0.25) is 5.79 Å². The van der Waals surface area contributed by atoms with Crippen LogP contribution in [0, 0.1) is 0 Å². The Labute approximate surface area is 294 Å². The van der Waals surface area contributed by atoms with Crippen molar-refractivity contribution in [3.63, 3.8) is 0 Å². The zero-order chi connectivity index (χ0) is 35.0. The van der Waals surface area contributed by atoms with E-state index in [1.165, 1.54) is 7.11 Å². The fourth-order valence-electron chi connectivity index (χ4n) is 7.67. The van der Waals surface area contributed by atoms with Crippen LogP contribution in [0.2, 0.25) is 0 Å². The summed E-state index contributed by atoms with van der Waals surface area (Å²) in [4.78, 5) is 13.0. The lowest BCUT2D eigenvalue weighted by Crippen LogP contribution is -2.68. The highest BCUT2D eigenvalue weighted by molar-refractivity contribution is 5.65. The second-order valence-electron chi connectivity index (χ2n) is 11.8. The molecule has 50 heavy (non-hydrogen) atoms. The Balaban J connectivity index is 1.96. The fourth-order valence-corrected chi connectivity index (χ4v) is 7.67. The Morgan fingerprint density at radius 2 is 0.740 bits per heavy atom. The number of hydrogen-bond donors (Lipinski definition) is 0. The molecule has 0 radical (unpaired) electrons. The van der Waals surface area contributed by atoms with Crippen molar-refractivity contribution in [2.75, 3.05) is 35.5 Å². The first-order valence-electron chi connectivity index (χ1n) is 16.4. The molecule has 6 aromatic rings. The first kappa shape index (κ1) is 34.5. The smallest absolute Gasteiger partial charge is 0.237 e. The van der Waals surface area contributed by atoms with Gasteiger partial charge in [-0.05, 0) is 58.1 Å². The highest BCUT2D eigenvalue weighted by Crippen LogP contribution is 2.63. The van der Waals surface area contributed by atoms with Crippen LogP contribution in [0.1, 0.15) is 33.4 Å². The largest absolute Gasteiger partial charge is 0.497 e. The molecular weight excluding hydrogens is 624 g/mol. The fraction of sp³-hybridized carbons (Fsp3) is 0.182. The van der Waals surface area contributed by atoms with Crippen molar-refractivity contribution in [1.29, 1.82) is 0 Å². The number of rotatable bonds is 14. The van der Waals surface area contributed by atoms with Crippen LogP contribution >= 0.6 is 0 Å². The Morgan fingerprint density at radius 3 is 1.12 bits per heavy atom. The predicted molar refractivity (Wildman–Crippen MR) is 196 cm³/mol. The molecule has 0 aromatic heterocycles. The van der Waals surface area contributed by atoms with Crippen LogP contribution in [0.5, 0.6) is 17.2 Å².